The van der Waals surface area contributed by atoms with Gasteiger partial charge in [0.25, 0.3) is 0 Å². The van der Waals surface area contributed by atoms with Crippen LogP contribution in [0.4, 0.5) is 0 Å². The summed E-state index contributed by atoms with van der Waals surface area (Å²) in [6.45, 7) is 0. The van der Waals surface area contributed by atoms with Gasteiger partial charge >= 0.3 is 0 Å². The molecule has 0 heterocycles. The van der Waals surface area contributed by atoms with E-state index < -0.39 is 0 Å². The molecule has 1 nitrogen and oxygen atoms in total. The number of ether oxygens (including phenoxy) is 1. The quantitative estimate of drug-likeness (QED) is 0.182. The Hall–Kier alpha value is -4.92. The van der Waals surface area contributed by atoms with Crippen molar-refractivity contribution < 1.29 is 4.74 Å². The summed E-state index contributed by atoms with van der Waals surface area (Å²) in [5.74, 6) is 1.64. The highest BCUT2D eigenvalue weighted by molar-refractivity contribution is 9.10. The van der Waals surface area contributed by atoms with Crippen LogP contribution >= 0.6 is 15.9 Å². The summed E-state index contributed by atoms with van der Waals surface area (Å²) < 4.78 is 7.43. The van der Waals surface area contributed by atoms with E-state index in [2.05, 4.69) is 137 Å². The van der Waals surface area contributed by atoms with Gasteiger partial charge in [-0.3, -0.25) is 0 Å². The number of halogens is 1. The van der Waals surface area contributed by atoms with Gasteiger partial charge in [0.2, 0.25) is 0 Å². The number of benzene rings is 8. The molecule has 8 aromatic rings. The van der Waals surface area contributed by atoms with Crippen LogP contribution in [0.15, 0.2) is 156 Å². The van der Waals surface area contributed by atoms with E-state index in [1.54, 1.807) is 0 Å². The molecule has 0 bridgehead atoms. The number of para-hydroxylation sites is 1. The maximum Gasteiger partial charge on any atom is 0.128 e. The molecule has 198 valence electrons. The van der Waals surface area contributed by atoms with Crippen LogP contribution in [-0.4, -0.2) is 0 Å². The molecule has 0 unspecified atom stereocenters. The smallest absolute Gasteiger partial charge is 0.128 e. The molecular weight excluding hydrogens is 576 g/mol. The molecule has 0 aliphatic rings. The Kier molecular flexibility index (Phi) is 6.01. The van der Waals surface area contributed by atoms with Gasteiger partial charge < -0.3 is 4.74 Å². The summed E-state index contributed by atoms with van der Waals surface area (Å²) in [6.07, 6.45) is 0. The van der Waals surface area contributed by atoms with E-state index in [-0.39, 0.29) is 0 Å². The van der Waals surface area contributed by atoms with Crippen LogP contribution in [0.5, 0.6) is 11.5 Å². The van der Waals surface area contributed by atoms with Crippen LogP contribution in [-0.2, 0) is 0 Å². The SMILES string of the molecule is Brc1ccc2c(-c3ccc4ccccc4c3)c3cc(Oc4ccccc4)ccc3c(-c3ccc4ccccc4c3)c2c1. The Labute approximate surface area is 252 Å². The fourth-order valence-electron chi connectivity index (χ4n) is 6.18. The van der Waals surface area contributed by atoms with Gasteiger partial charge in [0.05, 0.1) is 0 Å². The van der Waals surface area contributed by atoms with Gasteiger partial charge in [-0.05, 0) is 114 Å². The molecule has 42 heavy (non-hydrogen) atoms. The molecule has 0 N–H and O–H groups in total. The Bertz CT molecular complexity index is 2290. The summed E-state index contributed by atoms with van der Waals surface area (Å²) in [4.78, 5) is 0. The van der Waals surface area contributed by atoms with Crippen LogP contribution in [0, 0.1) is 0 Å². The average molecular weight is 602 g/mol. The zero-order valence-corrected chi connectivity index (χ0v) is 24.3. The predicted molar refractivity (Wildman–Crippen MR) is 182 cm³/mol. The number of hydrogen-bond donors (Lipinski definition) is 0. The van der Waals surface area contributed by atoms with Gasteiger partial charge in [-0.2, -0.15) is 0 Å². The first-order valence-electron chi connectivity index (χ1n) is 14.1. The van der Waals surface area contributed by atoms with Crippen molar-refractivity contribution in [1.29, 1.82) is 0 Å². The van der Waals surface area contributed by atoms with E-state index in [1.165, 1.54) is 60.0 Å². The summed E-state index contributed by atoms with van der Waals surface area (Å²) in [6, 6.07) is 53.9. The van der Waals surface area contributed by atoms with Gasteiger partial charge in [-0.1, -0.05) is 119 Å². The molecule has 0 amide bonds. The lowest BCUT2D eigenvalue weighted by molar-refractivity contribution is 0.483. The van der Waals surface area contributed by atoms with Crippen molar-refractivity contribution in [2.24, 2.45) is 0 Å². The van der Waals surface area contributed by atoms with Crippen molar-refractivity contribution in [3.05, 3.63) is 156 Å². The second-order valence-corrected chi connectivity index (χ2v) is 11.6. The van der Waals surface area contributed by atoms with Crippen LogP contribution in [0.25, 0.3) is 65.3 Å². The third kappa shape index (κ3) is 4.32. The standard InChI is InChI=1S/C40H25BrO/c41-32-18-20-35-37(24-32)39(30-16-14-26-8-4-6-10-28(26)22-30)36-21-19-34(42-33-12-2-1-3-13-33)25-38(36)40(35)31-17-15-27-9-5-7-11-29(27)23-31/h1-25H. The third-order valence-corrected chi connectivity index (χ3v) is 8.60. The molecule has 0 radical (unpaired) electrons. The maximum atomic E-state index is 6.37. The molecule has 8 aromatic carbocycles. The van der Waals surface area contributed by atoms with Crippen LogP contribution in [0.2, 0.25) is 0 Å². The van der Waals surface area contributed by atoms with Crippen LogP contribution in [0.3, 0.4) is 0 Å². The largest absolute Gasteiger partial charge is 0.457 e. The molecule has 0 fully saturated rings. The first-order chi connectivity index (χ1) is 20.7. The average Bonchev–Trinajstić information content (AvgIpc) is 3.03. The van der Waals surface area contributed by atoms with Gasteiger partial charge in [-0.25, -0.2) is 0 Å². The van der Waals surface area contributed by atoms with Gasteiger partial charge in [0.1, 0.15) is 11.5 Å². The Balaban J connectivity index is 1.48. The fraction of sp³-hybridized carbons (Fsp3) is 0. The Morgan fingerprint density at radius 3 is 1.50 bits per heavy atom. The van der Waals surface area contributed by atoms with E-state index >= 15 is 0 Å². The zero-order chi connectivity index (χ0) is 28.0. The first kappa shape index (κ1) is 24.8. The zero-order valence-electron chi connectivity index (χ0n) is 22.7. The lowest BCUT2D eigenvalue weighted by atomic mass is 9.85. The minimum absolute atomic E-state index is 0.816. The summed E-state index contributed by atoms with van der Waals surface area (Å²) in [5.41, 5.74) is 4.82. The van der Waals surface area contributed by atoms with Gasteiger partial charge in [-0.15, -0.1) is 0 Å². The van der Waals surface area contributed by atoms with E-state index in [9.17, 15) is 0 Å². The van der Waals surface area contributed by atoms with Crippen molar-refractivity contribution in [3.8, 4) is 33.8 Å². The highest BCUT2D eigenvalue weighted by atomic mass is 79.9. The highest BCUT2D eigenvalue weighted by Crippen LogP contribution is 2.46. The van der Waals surface area contributed by atoms with Crippen LogP contribution < -0.4 is 4.74 Å². The molecule has 8 rings (SSSR count). The molecular formula is C40H25BrO. The molecule has 2 heteroatoms. The van der Waals surface area contributed by atoms with Gasteiger partial charge in [0, 0.05) is 4.47 Å². The number of hydrogen-bond acceptors (Lipinski definition) is 1. The van der Waals surface area contributed by atoms with E-state index in [0.717, 1.165) is 21.4 Å². The topological polar surface area (TPSA) is 9.23 Å². The van der Waals surface area contributed by atoms with Crippen LogP contribution in [0.1, 0.15) is 0 Å². The minimum atomic E-state index is 0.816. The third-order valence-electron chi connectivity index (χ3n) is 8.11. The summed E-state index contributed by atoms with van der Waals surface area (Å²) in [5, 5.41) is 9.71. The lowest BCUT2D eigenvalue weighted by Crippen LogP contribution is -1.93. The van der Waals surface area contributed by atoms with Crippen molar-refractivity contribution in [2.45, 2.75) is 0 Å². The molecule has 0 aromatic heterocycles. The number of rotatable bonds is 4. The number of fused-ring (bicyclic) bond motifs is 4. The molecule has 0 spiro atoms. The van der Waals surface area contributed by atoms with Crippen molar-refractivity contribution in [3.63, 3.8) is 0 Å². The monoisotopic (exact) mass is 600 g/mol. The maximum absolute atomic E-state index is 6.37. The molecule has 0 atom stereocenters. The second-order valence-electron chi connectivity index (χ2n) is 10.7. The van der Waals surface area contributed by atoms with E-state index in [4.69, 9.17) is 4.74 Å². The van der Waals surface area contributed by atoms with Gasteiger partial charge in [0.15, 0.2) is 0 Å². The minimum Gasteiger partial charge on any atom is -0.457 e. The Morgan fingerprint density at radius 1 is 0.357 bits per heavy atom. The van der Waals surface area contributed by atoms with Crippen molar-refractivity contribution in [2.75, 3.05) is 0 Å². The normalized spacial score (nSPS) is 11.5. The fourth-order valence-corrected chi connectivity index (χ4v) is 6.54. The Morgan fingerprint density at radius 2 is 0.881 bits per heavy atom. The lowest BCUT2D eigenvalue weighted by Gasteiger charge is -2.19. The van der Waals surface area contributed by atoms with E-state index in [0.29, 0.717) is 0 Å². The van der Waals surface area contributed by atoms with E-state index in [1.807, 2.05) is 30.3 Å². The predicted octanol–water partition coefficient (Wildman–Crippen LogP) is 12.2. The second kappa shape index (κ2) is 10.2. The molecule has 0 aliphatic heterocycles. The first-order valence-corrected chi connectivity index (χ1v) is 14.9. The summed E-state index contributed by atoms with van der Waals surface area (Å²) >= 11 is 3.79. The molecule has 0 saturated heterocycles. The highest BCUT2D eigenvalue weighted by Gasteiger charge is 2.19. The molecule has 0 saturated carbocycles. The summed E-state index contributed by atoms with van der Waals surface area (Å²) in [7, 11) is 0. The molecule has 0 aliphatic carbocycles. The van der Waals surface area contributed by atoms with Crippen molar-refractivity contribution in [1.82, 2.24) is 0 Å². The van der Waals surface area contributed by atoms with Crippen molar-refractivity contribution >= 4 is 59.0 Å².